The van der Waals surface area contributed by atoms with Crippen LogP contribution in [0.25, 0.3) is 6.08 Å². The number of carbonyl (C=O) groups excluding carboxylic acids is 1. The van der Waals surface area contributed by atoms with Gasteiger partial charge in [-0.3, -0.25) is 19.1 Å². The van der Waals surface area contributed by atoms with Crippen LogP contribution >= 0.6 is 24.0 Å². The number of thiocarbonyl (C=S) groups is 1. The number of piperidine rings is 1. The fraction of sp³-hybridized carbons (Fsp3) is 0.545. The molecule has 3 heterocycles. The van der Waals surface area contributed by atoms with Gasteiger partial charge >= 0.3 is 0 Å². The zero-order chi connectivity index (χ0) is 22.0. The summed E-state index contributed by atoms with van der Waals surface area (Å²) in [6.45, 7) is 10.7. The van der Waals surface area contributed by atoms with Gasteiger partial charge in [0.05, 0.1) is 4.91 Å². The van der Waals surface area contributed by atoms with Crippen LogP contribution in [-0.2, 0) is 11.3 Å². The van der Waals surface area contributed by atoms with E-state index in [0.717, 1.165) is 43.7 Å². The highest BCUT2D eigenvalue weighted by molar-refractivity contribution is 8.26. The van der Waals surface area contributed by atoms with Crippen molar-refractivity contribution in [3.05, 3.63) is 31.9 Å². The molecule has 3 rings (SSSR count). The minimum absolute atomic E-state index is 0.114. The van der Waals surface area contributed by atoms with Gasteiger partial charge < -0.3 is 4.90 Å². The summed E-state index contributed by atoms with van der Waals surface area (Å²) in [5, 5.41) is 9.69. The molecule has 2 saturated heterocycles. The van der Waals surface area contributed by atoms with E-state index < -0.39 is 0 Å². The largest absolute Gasteiger partial charge is 0.357 e. The van der Waals surface area contributed by atoms with E-state index in [1.54, 1.807) is 16.4 Å². The topological polar surface area (TPSA) is 69.3 Å². The van der Waals surface area contributed by atoms with Crippen LogP contribution in [0, 0.1) is 24.2 Å². The number of likely N-dealkylation sites (N-methyl/N-ethyl adjacent to an activating group) is 1. The zero-order valence-corrected chi connectivity index (χ0v) is 19.7. The number of amides is 1. The first-order valence-electron chi connectivity index (χ1n) is 10.5. The van der Waals surface area contributed by atoms with Gasteiger partial charge in [0.25, 0.3) is 11.5 Å². The van der Waals surface area contributed by atoms with Gasteiger partial charge in [0, 0.05) is 31.7 Å². The number of nitrogens with zero attached hydrogens (tertiary/aromatic N) is 4. The predicted octanol–water partition coefficient (Wildman–Crippen LogP) is 3.90. The molecular formula is C22H28N4O2S2. The first-order valence-corrected chi connectivity index (χ1v) is 11.7. The van der Waals surface area contributed by atoms with Crippen molar-refractivity contribution in [2.75, 3.05) is 24.5 Å². The molecular weight excluding hydrogens is 416 g/mol. The quantitative estimate of drug-likeness (QED) is 0.507. The highest BCUT2D eigenvalue weighted by atomic mass is 32.2. The minimum atomic E-state index is -0.247. The van der Waals surface area contributed by atoms with Crippen LogP contribution in [0.5, 0.6) is 0 Å². The third-order valence-corrected chi connectivity index (χ3v) is 7.22. The molecule has 2 aliphatic heterocycles. The Morgan fingerprint density at radius 1 is 1.27 bits per heavy atom. The molecule has 0 atom stereocenters. The lowest BCUT2D eigenvalue weighted by molar-refractivity contribution is -0.121. The normalized spacial score (nSPS) is 19.1. The fourth-order valence-electron chi connectivity index (χ4n) is 4.04. The van der Waals surface area contributed by atoms with Gasteiger partial charge in [0.2, 0.25) is 0 Å². The van der Waals surface area contributed by atoms with Gasteiger partial charge in [-0.1, -0.05) is 37.8 Å². The number of pyridine rings is 1. The summed E-state index contributed by atoms with van der Waals surface area (Å²) in [5.41, 5.74) is 1.31. The van der Waals surface area contributed by atoms with E-state index in [1.807, 2.05) is 19.9 Å². The van der Waals surface area contributed by atoms with Crippen LogP contribution in [0.3, 0.4) is 0 Å². The van der Waals surface area contributed by atoms with Crippen LogP contribution in [0.15, 0.2) is 9.70 Å². The standard InChI is InChI=1S/C22H28N4O2S2/c1-5-9-26-19(24-10-7-14(3)8-11-24)16(15(4)17(13-23)20(26)27)12-18-21(28)25(6-2)22(29)30-18/h12,14H,5-11H2,1-4H3. The summed E-state index contributed by atoms with van der Waals surface area (Å²) >= 11 is 6.64. The van der Waals surface area contributed by atoms with Gasteiger partial charge in [-0.15, -0.1) is 0 Å². The number of nitriles is 1. The third-order valence-electron chi connectivity index (χ3n) is 5.84. The molecule has 0 N–H and O–H groups in total. The maximum atomic E-state index is 13.1. The van der Waals surface area contributed by atoms with Crippen molar-refractivity contribution >= 4 is 46.1 Å². The Hall–Kier alpha value is -2.11. The minimum Gasteiger partial charge on any atom is -0.357 e. The van der Waals surface area contributed by atoms with E-state index in [9.17, 15) is 14.9 Å². The van der Waals surface area contributed by atoms with E-state index in [0.29, 0.717) is 33.8 Å². The molecule has 160 valence electrons. The van der Waals surface area contributed by atoms with Crippen LogP contribution in [-0.4, -0.2) is 39.3 Å². The van der Waals surface area contributed by atoms with E-state index in [2.05, 4.69) is 17.9 Å². The molecule has 6 nitrogen and oxygen atoms in total. The monoisotopic (exact) mass is 444 g/mol. The first kappa shape index (κ1) is 22.6. The van der Waals surface area contributed by atoms with Crippen molar-refractivity contribution in [3.63, 3.8) is 0 Å². The van der Waals surface area contributed by atoms with E-state index in [4.69, 9.17) is 12.2 Å². The molecule has 0 spiro atoms. The summed E-state index contributed by atoms with van der Waals surface area (Å²) < 4.78 is 2.27. The molecule has 0 aliphatic carbocycles. The second-order valence-electron chi connectivity index (χ2n) is 7.90. The van der Waals surface area contributed by atoms with Crippen LogP contribution in [0.4, 0.5) is 5.82 Å². The van der Waals surface area contributed by atoms with Crippen molar-refractivity contribution in [1.82, 2.24) is 9.47 Å². The van der Waals surface area contributed by atoms with Crippen LogP contribution in [0.1, 0.15) is 56.7 Å². The van der Waals surface area contributed by atoms with Crippen molar-refractivity contribution in [1.29, 1.82) is 5.26 Å². The van der Waals surface area contributed by atoms with E-state index in [-0.39, 0.29) is 17.0 Å². The number of rotatable bonds is 5. The van der Waals surface area contributed by atoms with Crippen LogP contribution < -0.4 is 10.5 Å². The summed E-state index contributed by atoms with van der Waals surface area (Å²) in [4.78, 5) is 30.3. The number of carbonyl (C=O) groups is 1. The zero-order valence-electron chi connectivity index (χ0n) is 18.0. The van der Waals surface area contributed by atoms with Gasteiger partial charge in [-0.25, -0.2) is 0 Å². The van der Waals surface area contributed by atoms with Gasteiger partial charge in [0.1, 0.15) is 21.8 Å². The van der Waals surface area contributed by atoms with Crippen molar-refractivity contribution in [2.24, 2.45) is 5.92 Å². The number of thioether (sulfide) groups is 1. The average Bonchev–Trinajstić information content (AvgIpc) is 2.99. The summed E-state index contributed by atoms with van der Waals surface area (Å²) in [6, 6.07) is 2.10. The van der Waals surface area contributed by atoms with Gasteiger partial charge in [0.15, 0.2) is 0 Å². The molecule has 0 unspecified atom stereocenters. The fourth-order valence-corrected chi connectivity index (χ4v) is 5.41. The highest BCUT2D eigenvalue weighted by Crippen LogP contribution is 2.36. The second-order valence-corrected chi connectivity index (χ2v) is 9.58. The van der Waals surface area contributed by atoms with E-state index >= 15 is 0 Å². The second kappa shape index (κ2) is 9.36. The lowest BCUT2D eigenvalue weighted by Gasteiger charge is -2.35. The van der Waals surface area contributed by atoms with Crippen molar-refractivity contribution in [2.45, 2.75) is 53.5 Å². The summed E-state index contributed by atoms with van der Waals surface area (Å²) in [6.07, 6.45) is 4.72. The molecule has 0 radical (unpaired) electrons. The molecule has 1 aromatic heterocycles. The SMILES string of the molecule is CCCn1c(N2CCC(C)CC2)c(C=C2SC(=S)N(CC)C2=O)c(C)c(C#N)c1=O. The van der Waals surface area contributed by atoms with Crippen LogP contribution in [0.2, 0.25) is 0 Å². The highest BCUT2D eigenvalue weighted by Gasteiger charge is 2.32. The lowest BCUT2D eigenvalue weighted by Crippen LogP contribution is -2.39. The molecule has 2 aliphatic rings. The maximum absolute atomic E-state index is 13.1. The molecule has 0 bridgehead atoms. The lowest BCUT2D eigenvalue weighted by atomic mass is 9.97. The summed E-state index contributed by atoms with van der Waals surface area (Å²) in [7, 11) is 0. The third kappa shape index (κ3) is 4.06. The smallest absolute Gasteiger partial charge is 0.270 e. The van der Waals surface area contributed by atoms with Crippen molar-refractivity contribution < 1.29 is 4.79 Å². The predicted molar refractivity (Wildman–Crippen MR) is 127 cm³/mol. The Bertz CT molecular complexity index is 998. The summed E-state index contributed by atoms with van der Waals surface area (Å²) in [5.74, 6) is 1.36. The molecule has 2 fully saturated rings. The Labute approximate surface area is 187 Å². The number of hydrogen-bond acceptors (Lipinski definition) is 6. The molecule has 8 heteroatoms. The first-order chi connectivity index (χ1) is 14.3. The Morgan fingerprint density at radius 2 is 1.93 bits per heavy atom. The Kier molecular flexibility index (Phi) is 7.04. The maximum Gasteiger partial charge on any atom is 0.270 e. The Morgan fingerprint density at radius 3 is 2.47 bits per heavy atom. The molecule has 30 heavy (non-hydrogen) atoms. The van der Waals surface area contributed by atoms with Gasteiger partial charge in [-0.05, 0) is 50.7 Å². The molecule has 0 aromatic carbocycles. The number of aromatic nitrogens is 1. The van der Waals surface area contributed by atoms with E-state index in [1.165, 1.54) is 11.8 Å². The van der Waals surface area contributed by atoms with Gasteiger partial charge in [-0.2, -0.15) is 5.26 Å². The molecule has 1 amide bonds. The van der Waals surface area contributed by atoms with Crippen molar-refractivity contribution in [3.8, 4) is 6.07 Å². The molecule has 0 saturated carbocycles. The Balaban J connectivity index is 2.25. The average molecular weight is 445 g/mol. The number of anilines is 1. The number of hydrogen-bond donors (Lipinski definition) is 0. The molecule has 1 aromatic rings.